The summed E-state index contributed by atoms with van der Waals surface area (Å²) in [5.74, 6) is 0.540. The quantitative estimate of drug-likeness (QED) is 0.204. The molecule has 0 saturated heterocycles. The molecule has 0 spiro atoms. The molecule has 0 aromatic heterocycles. The minimum Gasteiger partial charge on any atom is -0.490 e. The highest BCUT2D eigenvalue weighted by molar-refractivity contribution is 6.42. The van der Waals surface area contributed by atoms with E-state index in [0.717, 1.165) is 24.3 Å². The van der Waals surface area contributed by atoms with Gasteiger partial charge in [-0.05, 0) is 86.5 Å². The fraction of sp³-hybridized carbons (Fsp3) is 0.241. The molecule has 0 heterocycles. The molecule has 3 aromatic carbocycles. The van der Waals surface area contributed by atoms with Gasteiger partial charge in [0.1, 0.15) is 18.2 Å². The van der Waals surface area contributed by atoms with Gasteiger partial charge in [-0.1, -0.05) is 35.3 Å². The molecule has 8 heteroatoms. The number of halogens is 2. The summed E-state index contributed by atoms with van der Waals surface area (Å²) in [7, 11) is 0. The van der Waals surface area contributed by atoms with E-state index in [2.05, 4.69) is 24.1 Å². The highest BCUT2D eigenvalue weighted by Gasteiger charge is 2.12. The van der Waals surface area contributed by atoms with Crippen molar-refractivity contribution in [3.05, 3.63) is 87.4 Å². The zero-order chi connectivity index (χ0) is 26.8. The molecule has 1 N–H and O–H groups in total. The number of nitrogens with zero attached hydrogens (tertiary/aromatic N) is 2. The van der Waals surface area contributed by atoms with Crippen LogP contribution in [0.1, 0.15) is 31.9 Å². The lowest BCUT2D eigenvalue weighted by Gasteiger charge is -2.21. The molecule has 0 fully saturated rings. The molecule has 6 nitrogen and oxygen atoms in total. The first kappa shape index (κ1) is 27.9. The van der Waals surface area contributed by atoms with E-state index in [4.69, 9.17) is 32.7 Å². The standard InChI is InChI=1S/C29H29Cl2N3O3/c1-4-34(5-2)24-11-9-23(10-12-24)33-29(35)22(18-32)15-20-8-14-27(28(17-20)36-6-3)37-19-21-7-13-25(30)26(31)16-21/h7-17H,4-6,19H2,1-3H3,(H,33,35)/b22-15-. The number of ether oxygens (including phenoxy) is 2. The maximum atomic E-state index is 12.8. The van der Waals surface area contributed by atoms with Crippen LogP contribution in [-0.2, 0) is 11.4 Å². The van der Waals surface area contributed by atoms with E-state index >= 15 is 0 Å². The van der Waals surface area contributed by atoms with Crippen LogP contribution in [0.15, 0.2) is 66.2 Å². The number of hydrogen-bond acceptors (Lipinski definition) is 5. The van der Waals surface area contributed by atoms with Crippen molar-refractivity contribution < 1.29 is 14.3 Å². The third-order valence-electron chi connectivity index (χ3n) is 5.58. The minimum atomic E-state index is -0.490. The number of rotatable bonds is 11. The average Bonchev–Trinajstić information content (AvgIpc) is 2.90. The van der Waals surface area contributed by atoms with Gasteiger partial charge in [-0.25, -0.2) is 0 Å². The largest absolute Gasteiger partial charge is 0.490 e. The minimum absolute atomic E-state index is 0.0280. The van der Waals surface area contributed by atoms with E-state index in [1.54, 1.807) is 30.3 Å². The Morgan fingerprint density at radius 2 is 1.68 bits per heavy atom. The first-order valence-corrected chi connectivity index (χ1v) is 12.8. The number of amides is 1. The fourth-order valence-electron chi connectivity index (χ4n) is 3.65. The maximum absolute atomic E-state index is 12.8. The van der Waals surface area contributed by atoms with Crippen molar-refractivity contribution in [2.45, 2.75) is 27.4 Å². The predicted molar refractivity (Wildman–Crippen MR) is 151 cm³/mol. The smallest absolute Gasteiger partial charge is 0.266 e. The van der Waals surface area contributed by atoms with Gasteiger partial charge in [0.05, 0.1) is 16.7 Å². The van der Waals surface area contributed by atoms with Crippen molar-refractivity contribution in [2.75, 3.05) is 29.9 Å². The van der Waals surface area contributed by atoms with Gasteiger partial charge < -0.3 is 19.7 Å². The third-order valence-corrected chi connectivity index (χ3v) is 6.31. The molecule has 192 valence electrons. The lowest BCUT2D eigenvalue weighted by atomic mass is 10.1. The van der Waals surface area contributed by atoms with Crippen LogP contribution in [0.25, 0.3) is 6.08 Å². The van der Waals surface area contributed by atoms with E-state index in [1.165, 1.54) is 6.08 Å². The van der Waals surface area contributed by atoms with E-state index in [9.17, 15) is 10.1 Å². The van der Waals surface area contributed by atoms with Crippen molar-refractivity contribution in [1.82, 2.24) is 0 Å². The summed E-state index contributed by atoms with van der Waals surface area (Å²) < 4.78 is 11.7. The van der Waals surface area contributed by atoms with Gasteiger partial charge in [-0.2, -0.15) is 5.26 Å². The summed E-state index contributed by atoms with van der Waals surface area (Å²) in [6.45, 7) is 8.53. The lowest BCUT2D eigenvalue weighted by molar-refractivity contribution is -0.112. The summed E-state index contributed by atoms with van der Waals surface area (Å²) >= 11 is 12.1. The second-order valence-electron chi connectivity index (χ2n) is 8.02. The molecule has 0 radical (unpaired) electrons. The Morgan fingerprint density at radius 3 is 2.30 bits per heavy atom. The first-order chi connectivity index (χ1) is 17.9. The maximum Gasteiger partial charge on any atom is 0.266 e. The number of nitriles is 1. The number of carbonyl (C=O) groups excluding carboxylic acids is 1. The molecule has 0 aliphatic carbocycles. The van der Waals surface area contributed by atoms with E-state index < -0.39 is 5.91 Å². The Balaban J connectivity index is 1.74. The van der Waals surface area contributed by atoms with Crippen LogP contribution >= 0.6 is 23.2 Å². The zero-order valence-corrected chi connectivity index (χ0v) is 22.6. The van der Waals surface area contributed by atoms with Gasteiger partial charge in [-0.3, -0.25) is 4.79 Å². The molecular formula is C29H29Cl2N3O3. The highest BCUT2D eigenvalue weighted by Crippen LogP contribution is 2.31. The molecule has 3 aromatic rings. The molecule has 0 aliphatic heterocycles. The molecule has 0 saturated carbocycles. The number of hydrogen-bond donors (Lipinski definition) is 1. The van der Waals surface area contributed by atoms with Crippen LogP contribution in [0.5, 0.6) is 11.5 Å². The molecule has 3 rings (SSSR count). The van der Waals surface area contributed by atoms with Crippen LogP contribution in [0.4, 0.5) is 11.4 Å². The van der Waals surface area contributed by atoms with Crippen LogP contribution < -0.4 is 19.7 Å². The van der Waals surface area contributed by atoms with Crippen LogP contribution in [-0.4, -0.2) is 25.6 Å². The Bertz CT molecular complexity index is 1300. The number of carbonyl (C=O) groups is 1. The molecule has 0 aliphatic rings. The highest BCUT2D eigenvalue weighted by atomic mass is 35.5. The normalized spacial score (nSPS) is 11.0. The Labute approximate surface area is 228 Å². The molecule has 1 amide bonds. The van der Waals surface area contributed by atoms with Crippen LogP contribution in [0.2, 0.25) is 10.0 Å². The summed E-state index contributed by atoms with van der Waals surface area (Å²) in [5.41, 5.74) is 3.15. The van der Waals surface area contributed by atoms with Gasteiger partial charge in [0.2, 0.25) is 0 Å². The third kappa shape index (κ3) is 7.66. The summed E-state index contributed by atoms with van der Waals surface area (Å²) in [6, 6.07) is 20.1. The van der Waals surface area contributed by atoms with Gasteiger partial charge in [0.15, 0.2) is 11.5 Å². The van der Waals surface area contributed by atoms with Crippen LogP contribution in [0.3, 0.4) is 0 Å². The second-order valence-corrected chi connectivity index (χ2v) is 8.83. The summed E-state index contributed by atoms with van der Waals surface area (Å²) in [5, 5.41) is 13.4. The Hall–Kier alpha value is -3.66. The zero-order valence-electron chi connectivity index (χ0n) is 21.1. The van der Waals surface area contributed by atoms with Gasteiger partial charge >= 0.3 is 0 Å². The summed E-state index contributed by atoms with van der Waals surface area (Å²) in [6.07, 6.45) is 1.52. The Kier molecular flexibility index (Phi) is 10.3. The first-order valence-electron chi connectivity index (χ1n) is 12.0. The predicted octanol–water partition coefficient (Wildman–Crippen LogP) is 7.36. The number of anilines is 2. The Morgan fingerprint density at radius 1 is 0.946 bits per heavy atom. The van der Waals surface area contributed by atoms with Gasteiger partial charge in [0.25, 0.3) is 5.91 Å². The van der Waals surface area contributed by atoms with E-state index in [-0.39, 0.29) is 12.2 Å². The second kappa shape index (κ2) is 13.6. The average molecular weight is 538 g/mol. The SMILES string of the molecule is CCOc1cc(/C=C(/C#N)C(=O)Nc2ccc(N(CC)CC)cc2)ccc1OCc1ccc(Cl)c(Cl)c1. The van der Waals surface area contributed by atoms with Gasteiger partial charge in [0, 0.05) is 24.5 Å². The van der Waals surface area contributed by atoms with Crippen molar-refractivity contribution in [1.29, 1.82) is 5.26 Å². The van der Waals surface area contributed by atoms with Crippen molar-refractivity contribution in [3.8, 4) is 17.6 Å². The van der Waals surface area contributed by atoms with Gasteiger partial charge in [-0.15, -0.1) is 0 Å². The molecular weight excluding hydrogens is 509 g/mol. The van der Waals surface area contributed by atoms with E-state index in [1.807, 2.05) is 43.3 Å². The molecule has 0 atom stereocenters. The van der Waals surface area contributed by atoms with Crippen molar-refractivity contribution in [3.63, 3.8) is 0 Å². The lowest BCUT2D eigenvalue weighted by Crippen LogP contribution is -2.21. The number of benzene rings is 3. The topological polar surface area (TPSA) is 74.6 Å². The number of nitrogens with one attached hydrogen (secondary N) is 1. The fourth-order valence-corrected chi connectivity index (χ4v) is 3.97. The molecule has 0 unspecified atom stereocenters. The molecule has 37 heavy (non-hydrogen) atoms. The monoisotopic (exact) mass is 537 g/mol. The molecule has 0 bridgehead atoms. The van der Waals surface area contributed by atoms with Crippen molar-refractivity contribution >= 4 is 46.6 Å². The van der Waals surface area contributed by atoms with Crippen molar-refractivity contribution in [2.24, 2.45) is 0 Å². The van der Waals surface area contributed by atoms with E-state index in [0.29, 0.717) is 39.4 Å². The summed E-state index contributed by atoms with van der Waals surface area (Å²) in [4.78, 5) is 15.0. The van der Waals surface area contributed by atoms with Crippen LogP contribution in [0, 0.1) is 11.3 Å².